The maximum Gasteiger partial charge on any atom is 0.289 e. The number of Topliss-reactive ketones (excluding diaryl/α,β-unsaturated/α-hetero) is 1. The summed E-state index contributed by atoms with van der Waals surface area (Å²) in [5, 5.41) is 11.5. The number of hydrogen-bond acceptors (Lipinski definition) is 8. The van der Waals surface area contributed by atoms with Crippen molar-refractivity contribution in [3.05, 3.63) is 24.3 Å². The number of nitrogens with one attached hydrogen (secondary N) is 4. The van der Waals surface area contributed by atoms with Gasteiger partial charge in [0, 0.05) is 25.0 Å². The summed E-state index contributed by atoms with van der Waals surface area (Å²) in [7, 11) is 0. The van der Waals surface area contributed by atoms with Gasteiger partial charge in [-0.25, -0.2) is 4.98 Å². The molecule has 0 spiro atoms. The first kappa shape index (κ1) is 36.4. The molecular formula is C36H53N7O6. The molecule has 268 valence electrons. The summed E-state index contributed by atoms with van der Waals surface area (Å²) in [5.41, 5.74) is -0.644. The molecule has 1 aromatic rings. The van der Waals surface area contributed by atoms with Crippen LogP contribution in [0.2, 0.25) is 0 Å². The molecule has 3 aliphatic carbocycles. The van der Waals surface area contributed by atoms with Crippen molar-refractivity contribution in [1.82, 2.24) is 36.1 Å². The Balaban J connectivity index is 1.36. The average Bonchev–Trinajstić information content (AvgIpc) is 3.64. The molecule has 4 aliphatic rings. The van der Waals surface area contributed by atoms with Crippen molar-refractivity contribution in [3.63, 3.8) is 0 Å². The van der Waals surface area contributed by atoms with Crippen molar-refractivity contribution in [2.45, 2.75) is 129 Å². The third-order valence-corrected chi connectivity index (χ3v) is 10.7. The largest absolute Gasteiger partial charge is 0.347 e. The van der Waals surface area contributed by atoms with Crippen LogP contribution >= 0.6 is 0 Å². The lowest BCUT2D eigenvalue weighted by atomic mass is 9.82. The van der Waals surface area contributed by atoms with Gasteiger partial charge in [0.05, 0.1) is 12.2 Å². The molecule has 2 heterocycles. The van der Waals surface area contributed by atoms with Gasteiger partial charge in [0.25, 0.3) is 11.8 Å². The topological polar surface area (TPSA) is 180 Å². The second-order valence-corrected chi connectivity index (χ2v) is 15.9. The van der Waals surface area contributed by atoms with E-state index in [0.29, 0.717) is 6.54 Å². The number of likely N-dealkylation sites (tertiary alicyclic amines) is 1. The number of ketones is 1. The van der Waals surface area contributed by atoms with Crippen LogP contribution in [0, 0.1) is 29.1 Å². The highest BCUT2D eigenvalue weighted by Crippen LogP contribution is 2.43. The number of rotatable bonds is 12. The molecule has 13 nitrogen and oxygen atoms in total. The van der Waals surface area contributed by atoms with Crippen molar-refractivity contribution in [3.8, 4) is 0 Å². The molecule has 0 aromatic carbocycles. The summed E-state index contributed by atoms with van der Waals surface area (Å²) < 4.78 is 0. The van der Waals surface area contributed by atoms with E-state index in [1.807, 2.05) is 20.8 Å². The van der Waals surface area contributed by atoms with E-state index in [1.165, 1.54) is 18.6 Å². The maximum atomic E-state index is 14.6. The first-order valence-electron chi connectivity index (χ1n) is 18.1. The molecular weight excluding hydrogens is 626 g/mol. The zero-order chi connectivity index (χ0) is 35.5. The van der Waals surface area contributed by atoms with Gasteiger partial charge in [0.15, 0.2) is 0 Å². The summed E-state index contributed by atoms with van der Waals surface area (Å²) in [6, 6.07) is -3.75. The predicted molar refractivity (Wildman–Crippen MR) is 181 cm³/mol. The fraction of sp³-hybridized carbons (Fsp3) is 0.722. The van der Waals surface area contributed by atoms with Crippen LogP contribution in [0.3, 0.4) is 0 Å². The molecule has 13 heteroatoms. The SMILES string of the molecule is CC(C)[C@H](NC(=O)[C@@H]1[C@H]2CCC[C@H]2CN1C(=O)[C@@H](NC(=O)[C@@H](NC(=O)c1cnccn1)C1CCCCC1)C(C)(C)C)C(=O)C(=O)NC1CC1. The molecule has 0 unspecified atom stereocenters. The number of aromatic nitrogens is 2. The zero-order valence-corrected chi connectivity index (χ0v) is 29.5. The number of carbonyl (C=O) groups excluding carboxylic acids is 6. The van der Waals surface area contributed by atoms with Crippen LogP contribution in [-0.2, 0) is 24.0 Å². The quantitative estimate of drug-likeness (QED) is 0.243. The fourth-order valence-corrected chi connectivity index (χ4v) is 7.81. The molecule has 49 heavy (non-hydrogen) atoms. The van der Waals surface area contributed by atoms with E-state index in [2.05, 4.69) is 31.2 Å². The van der Waals surface area contributed by atoms with Gasteiger partial charge < -0.3 is 26.2 Å². The third-order valence-electron chi connectivity index (χ3n) is 10.7. The Bertz CT molecular complexity index is 1400. The van der Waals surface area contributed by atoms with Gasteiger partial charge in [-0.1, -0.05) is 60.3 Å². The fourth-order valence-electron chi connectivity index (χ4n) is 7.81. The molecule has 5 amide bonds. The van der Waals surface area contributed by atoms with Crippen LogP contribution < -0.4 is 21.3 Å². The van der Waals surface area contributed by atoms with Crippen LogP contribution in [0.15, 0.2) is 18.6 Å². The van der Waals surface area contributed by atoms with E-state index in [9.17, 15) is 28.8 Å². The van der Waals surface area contributed by atoms with Gasteiger partial charge >= 0.3 is 0 Å². The van der Waals surface area contributed by atoms with Crippen LogP contribution in [0.4, 0.5) is 0 Å². The normalized spacial score (nSPS) is 24.4. The molecule has 1 aromatic heterocycles. The monoisotopic (exact) mass is 679 g/mol. The Morgan fingerprint density at radius 2 is 1.57 bits per heavy atom. The minimum absolute atomic E-state index is 0.00439. The third kappa shape index (κ3) is 8.64. The Labute approximate surface area is 288 Å². The van der Waals surface area contributed by atoms with Crippen molar-refractivity contribution < 1.29 is 28.8 Å². The standard InChI is InChI=1S/C36H53N7O6/c1-20(2)26(29(44)34(48)39-23-14-15-23)40-33(47)28-24-13-9-12-22(24)19-43(28)35(49)30(36(3,4)5)42-32(46)27(21-10-7-6-8-11-21)41-31(45)25-18-37-16-17-38-25/h16-18,20-24,26-28,30H,6-15,19H2,1-5H3,(H,39,48)(H,40,47)(H,41,45)(H,42,46)/t22-,24-,26-,27-,28-,30+/m0/s1. The number of amides is 5. The Morgan fingerprint density at radius 3 is 2.18 bits per heavy atom. The summed E-state index contributed by atoms with van der Waals surface area (Å²) >= 11 is 0. The summed E-state index contributed by atoms with van der Waals surface area (Å²) in [6.07, 6.45) is 12.9. The highest BCUT2D eigenvalue weighted by atomic mass is 16.2. The molecule has 4 N–H and O–H groups in total. The highest BCUT2D eigenvalue weighted by molar-refractivity contribution is 6.38. The minimum atomic E-state index is -1.03. The molecule has 0 bridgehead atoms. The first-order valence-corrected chi connectivity index (χ1v) is 18.1. The minimum Gasteiger partial charge on any atom is -0.347 e. The van der Waals surface area contributed by atoms with Crippen LogP contribution in [0.25, 0.3) is 0 Å². The molecule has 3 saturated carbocycles. The number of fused-ring (bicyclic) bond motifs is 1. The van der Waals surface area contributed by atoms with E-state index in [1.54, 1.807) is 18.7 Å². The molecule has 0 radical (unpaired) electrons. The Kier molecular flexibility index (Phi) is 11.4. The molecule has 1 aliphatic heterocycles. The number of nitrogens with zero attached hydrogens (tertiary/aromatic N) is 3. The lowest BCUT2D eigenvalue weighted by Crippen LogP contribution is -2.62. The number of carbonyl (C=O) groups is 6. The molecule has 5 rings (SSSR count). The van der Waals surface area contributed by atoms with Crippen molar-refractivity contribution in [2.75, 3.05) is 6.54 Å². The Hall–Kier alpha value is -3.90. The van der Waals surface area contributed by atoms with Gasteiger partial charge in [-0.15, -0.1) is 0 Å². The van der Waals surface area contributed by atoms with Crippen molar-refractivity contribution in [2.24, 2.45) is 29.1 Å². The Morgan fingerprint density at radius 1 is 0.857 bits per heavy atom. The smallest absolute Gasteiger partial charge is 0.289 e. The zero-order valence-electron chi connectivity index (χ0n) is 29.5. The van der Waals surface area contributed by atoms with E-state index in [-0.39, 0.29) is 41.3 Å². The van der Waals surface area contributed by atoms with Gasteiger partial charge in [-0.05, 0) is 67.6 Å². The van der Waals surface area contributed by atoms with Crippen molar-refractivity contribution in [1.29, 1.82) is 0 Å². The molecule has 1 saturated heterocycles. The van der Waals surface area contributed by atoms with Crippen LogP contribution in [-0.4, -0.2) is 86.9 Å². The maximum absolute atomic E-state index is 14.6. The molecule has 6 atom stereocenters. The van der Waals surface area contributed by atoms with E-state index < -0.39 is 59.0 Å². The van der Waals surface area contributed by atoms with Gasteiger partial charge in [0.1, 0.15) is 23.8 Å². The van der Waals surface area contributed by atoms with Gasteiger partial charge in [0.2, 0.25) is 23.5 Å². The second-order valence-electron chi connectivity index (χ2n) is 15.9. The molecule has 4 fully saturated rings. The summed E-state index contributed by atoms with van der Waals surface area (Å²) in [6.45, 7) is 9.51. The van der Waals surface area contributed by atoms with Crippen molar-refractivity contribution >= 4 is 35.3 Å². The lowest BCUT2D eigenvalue weighted by molar-refractivity contribution is -0.146. The first-order chi connectivity index (χ1) is 23.3. The summed E-state index contributed by atoms with van der Waals surface area (Å²) in [4.78, 5) is 91.5. The summed E-state index contributed by atoms with van der Waals surface area (Å²) in [5.74, 6) is -3.62. The van der Waals surface area contributed by atoms with E-state index in [0.717, 1.165) is 64.2 Å². The van der Waals surface area contributed by atoms with Gasteiger partial charge in [-0.3, -0.25) is 33.8 Å². The average molecular weight is 680 g/mol. The highest BCUT2D eigenvalue weighted by Gasteiger charge is 2.52. The predicted octanol–water partition coefficient (Wildman–Crippen LogP) is 2.30. The second kappa shape index (κ2) is 15.3. The van der Waals surface area contributed by atoms with E-state index in [4.69, 9.17) is 0 Å². The van der Waals surface area contributed by atoms with Crippen LogP contribution in [0.1, 0.15) is 109 Å². The van der Waals surface area contributed by atoms with Crippen LogP contribution in [0.5, 0.6) is 0 Å². The lowest BCUT2D eigenvalue weighted by Gasteiger charge is -2.38. The number of hydrogen-bond donors (Lipinski definition) is 4. The van der Waals surface area contributed by atoms with E-state index >= 15 is 0 Å². The van der Waals surface area contributed by atoms with Gasteiger partial charge in [-0.2, -0.15) is 0 Å².